The van der Waals surface area contributed by atoms with Gasteiger partial charge in [0.05, 0.1) is 6.04 Å². The van der Waals surface area contributed by atoms with Gasteiger partial charge in [0.25, 0.3) is 0 Å². The van der Waals surface area contributed by atoms with E-state index in [0.717, 1.165) is 19.6 Å². The van der Waals surface area contributed by atoms with Crippen LogP contribution < -0.4 is 5.32 Å². The van der Waals surface area contributed by atoms with Crippen molar-refractivity contribution in [1.82, 2.24) is 10.2 Å². The van der Waals surface area contributed by atoms with Crippen molar-refractivity contribution in [3.63, 3.8) is 0 Å². The maximum absolute atomic E-state index is 12.4. The molecule has 20 heavy (non-hydrogen) atoms. The lowest BCUT2D eigenvalue weighted by molar-refractivity contribution is -0.130. The summed E-state index contributed by atoms with van der Waals surface area (Å²) >= 11 is 1.71. The first kappa shape index (κ1) is 14.0. The van der Waals surface area contributed by atoms with Crippen LogP contribution in [0, 0.1) is 5.41 Å². The Morgan fingerprint density at radius 2 is 2.35 bits per heavy atom. The summed E-state index contributed by atoms with van der Waals surface area (Å²) in [6.45, 7) is 3.60. The van der Waals surface area contributed by atoms with Crippen molar-refractivity contribution < 1.29 is 9.53 Å². The molecule has 1 aromatic rings. The molecule has 1 aliphatic carbocycles. The van der Waals surface area contributed by atoms with Crippen LogP contribution in [0.1, 0.15) is 37.2 Å². The number of carbonyl (C=O) groups excluding carboxylic acids is 1. The average Bonchev–Trinajstić information content (AvgIpc) is 2.88. The number of rotatable bonds is 6. The predicted octanol–water partition coefficient (Wildman–Crippen LogP) is 2.38. The second-order valence-electron chi connectivity index (χ2n) is 6.02. The van der Waals surface area contributed by atoms with Gasteiger partial charge in [-0.3, -0.25) is 10.1 Å². The van der Waals surface area contributed by atoms with E-state index in [0.29, 0.717) is 5.41 Å². The number of nitrogens with one attached hydrogen (secondary N) is 1. The summed E-state index contributed by atoms with van der Waals surface area (Å²) in [7, 11) is 1.75. The Bertz CT molecular complexity index is 470. The van der Waals surface area contributed by atoms with Crippen molar-refractivity contribution in [3.8, 4) is 0 Å². The molecule has 2 fully saturated rings. The van der Waals surface area contributed by atoms with Crippen LogP contribution in [-0.2, 0) is 9.53 Å². The van der Waals surface area contributed by atoms with Gasteiger partial charge in [0, 0.05) is 25.1 Å². The topological polar surface area (TPSA) is 41.6 Å². The van der Waals surface area contributed by atoms with Gasteiger partial charge in [-0.2, -0.15) is 0 Å². The Balaban J connectivity index is 1.74. The quantitative estimate of drug-likeness (QED) is 0.876. The smallest absolute Gasteiger partial charge is 0.241 e. The third-order valence-electron chi connectivity index (χ3n) is 4.49. The van der Waals surface area contributed by atoms with Gasteiger partial charge in [0.15, 0.2) is 0 Å². The molecule has 110 valence electrons. The first-order valence-electron chi connectivity index (χ1n) is 7.24. The minimum absolute atomic E-state index is 0.0533. The van der Waals surface area contributed by atoms with E-state index in [1.54, 1.807) is 18.4 Å². The van der Waals surface area contributed by atoms with Crippen LogP contribution in [0.2, 0.25) is 0 Å². The molecule has 1 N–H and O–H groups in total. The highest BCUT2D eigenvalue weighted by molar-refractivity contribution is 7.10. The van der Waals surface area contributed by atoms with Gasteiger partial charge in [-0.25, -0.2) is 0 Å². The molecule has 1 saturated carbocycles. The van der Waals surface area contributed by atoms with Crippen LogP contribution in [-0.4, -0.2) is 37.1 Å². The number of hydrogen-bond donors (Lipinski definition) is 1. The van der Waals surface area contributed by atoms with E-state index in [1.165, 1.54) is 17.7 Å². The first-order valence-corrected chi connectivity index (χ1v) is 8.12. The molecule has 2 aliphatic rings. The van der Waals surface area contributed by atoms with Crippen molar-refractivity contribution in [2.24, 2.45) is 5.41 Å². The van der Waals surface area contributed by atoms with E-state index >= 15 is 0 Å². The zero-order chi connectivity index (χ0) is 14.2. The fourth-order valence-electron chi connectivity index (χ4n) is 2.97. The SMILES string of the molecule is COCCC1(CN2C(=O)C(C)NC2c2cccs2)CC1. The zero-order valence-corrected chi connectivity index (χ0v) is 12.9. The highest BCUT2D eigenvalue weighted by Gasteiger charge is 2.48. The maximum Gasteiger partial charge on any atom is 0.241 e. The van der Waals surface area contributed by atoms with Gasteiger partial charge in [0.2, 0.25) is 5.91 Å². The molecule has 2 heterocycles. The molecule has 0 radical (unpaired) electrons. The highest BCUT2D eigenvalue weighted by Crippen LogP contribution is 2.50. The molecule has 1 aromatic heterocycles. The normalized spacial score (nSPS) is 28.1. The fraction of sp³-hybridized carbons (Fsp3) is 0.667. The van der Waals surface area contributed by atoms with Gasteiger partial charge in [-0.05, 0) is 43.0 Å². The summed E-state index contributed by atoms with van der Waals surface area (Å²) in [5.41, 5.74) is 0.299. The third-order valence-corrected chi connectivity index (χ3v) is 5.41. The van der Waals surface area contributed by atoms with Gasteiger partial charge in [0.1, 0.15) is 6.17 Å². The summed E-state index contributed by atoms with van der Waals surface area (Å²) < 4.78 is 5.21. The summed E-state index contributed by atoms with van der Waals surface area (Å²) in [6, 6.07) is 4.07. The number of amides is 1. The first-order chi connectivity index (χ1) is 9.65. The van der Waals surface area contributed by atoms with E-state index in [1.807, 2.05) is 17.9 Å². The number of thiophene rings is 1. The lowest BCUT2D eigenvalue weighted by Gasteiger charge is -2.28. The second kappa shape index (κ2) is 5.47. The molecule has 1 amide bonds. The second-order valence-corrected chi connectivity index (χ2v) is 6.99. The molecular formula is C15H22N2O2S. The molecule has 2 atom stereocenters. The Kier molecular flexibility index (Phi) is 3.84. The summed E-state index contributed by atoms with van der Waals surface area (Å²) in [6.07, 6.45) is 3.54. The van der Waals surface area contributed by atoms with Gasteiger partial charge >= 0.3 is 0 Å². The monoisotopic (exact) mass is 294 g/mol. The van der Waals surface area contributed by atoms with Crippen molar-refractivity contribution in [1.29, 1.82) is 0 Å². The van der Waals surface area contributed by atoms with Crippen LogP contribution in [0.5, 0.6) is 0 Å². The Morgan fingerprint density at radius 1 is 1.55 bits per heavy atom. The minimum atomic E-state index is -0.0830. The standard InChI is InChI=1S/C15H22N2O2S/c1-11-14(18)17(10-15(5-6-15)7-8-19-2)13(16-11)12-4-3-9-20-12/h3-4,9,11,13,16H,5-8,10H2,1-2H3. The molecule has 5 heteroatoms. The van der Waals surface area contributed by atoms with Gasteiger partial charge in [-0.15, -0.1) is 11.3 Å². The van der Waals surface area contributed by atoms with E-state index in [-0.39, 0.29) is 18.1 Å². The van der Waals surface area contributed by atoms with E-state index in [4.69, 9.17) is 4.74 Å². The Labute approximate surface area is 124 Å². The largest absolute Gasteiger partial charge is 0.385 e. The molecule has 0 aromatic carbocycles. The summed E-state index contributed by atoms with van der Waals surface area (Å²) in [5, 5.41) is 5.49. The molecular weight excluding hydrogens is 272 g/mol. The number of methoxy groups -OCH3 is 1. The zero-order valence-electron chi connectivity index (χ0n) is 12.1. The molecule has 3 rings (SSSR count). The number of ether oxygens (including phenoxy) is 1. The van der Waals surface area contributed by atoms with Crippen LogP contribution in [0.4, 0.5) is 0 Å². The lowest BCUT2D eigenvalue weighted by Crippen LogP contribution is -2.36. The number of carbonyl (C=O) groups is 1. The van der Waals surface area contributed by atoms with E-state index < -0.39 is 0 Å². The fourth-order valence-corrected chi connectivity index (χ4v) is 3.77. The van der Waals surface area contributed by atoms with Gasteiger partial charge in [-0.1, -0.05) is 6.07 Å². The van der Waals surface area contributed by atoms with Crippen molar-refractivity contribution in [2.75, 3.05) is 20.3 Å². The van der Waals surface area contributed by atoms with E-state index in [2.05, 4.69) is 16.8 Å². The molecule has 1 aliphatic heterocycles. The number of hydrogen-bond acceptors (Lipinski definition) is 4. The van der Waals surface area contributed by atoms with Crippen LogP contribution in [0.3, 0.4) is 0 Å². The van der Waals surface area contributed by atoms with E-state index in [9.17, 15) is 4.79 Å². The summed E-state index contributed by atoms with van der Waals surface area (Å²) in [5.74, 6) is 0.229. The number of nitrogens with zero attached hydrogens (tertiary/aromatic N) is 1. The summed E-state index contributed by atoms with van der Waals surface area (Å²) in [4.78, 5) is 15.7. The van der Waals surface area contributed by atoms with Crippen molar-refractivity contribution >= 4 is 17.2 Å². The Morgan fingerprint density at radius 3 is 2.95 bits per heavy atom. The van der Waals surface area contributed by atoms with Crippen molar-refractivity contribution in [3.05, 3.63) is 22.4 Å². The molecule has 0 bridgehead atoms. The van der Waals surface area contributed by atoms with Crippen LogP contribution in [0.25, 0.3) is 0 Å². The van der Waals surface area contributed by atoms with Gasteiger partial charge < -0.3 is 9.64 Å². The van der Waals surface area contributed by atoms with Crippen LogP contribution in [0.15, 0.2) is 17.5 Å². The molecule has 4 nitrogen and oxygen atoms in total. The predicted molar refractivity (Wildman–Crippen MR) is 79.5 cm³/mol. The highest BCUT2D eigenvalue weighted by atomic mass is 32.1. The third kappa shape index (κ3) is 2.62. The molecule has 2 unspecified atom stereocenters. The Hall–Kier alpha value is -0.910. The maximum atomic E-state index is 12.4. The molecule has 0 spiro atoms. The molecule has 1 saturated heterocycles. The average molecular weight is 294 g/mol. The van der Waals surface area contributed by atoms with Crippen LogP contribution >= 0.6 is 11.3 Å². The minimum Gasteiger partial charge on any atom is -0.385 e. The lowest BCUT2D eigenvalue weighted by atomic mass is 10.0. The van der Waals surface area contributed by atoms with Crippen molar-refractivity contribution in [2.45, 2.75) is 38.4 Å².